The highest BCUT2D eigenvalue weighted by Gasteiger charge is 2.37. The lowest BCUT2D eigenvalue weighted by molar-refractivity contribution is -0.388. The van der Waals surface area contributed by atoms with Crippen molar-refractivity contribution in [2.75, 3.05) is 26.7 Å². The van der Waals surface area contributed by atoms with Crippen LogP contribution < -0.4 is 5.32 Å². The van der Waals surface area contributed by atoms with Crippen LogP contribution in [0.5, 0.6) is 0 Å². The number of rotatable bonds is 5. The third-order valence-electron chi connectivity index (χ3n) is 3.72. The molecule has 7 nitrogen and oxygen atoms in total. The maximum absolute atomic E-state index is 14.0. The molecule has 1 heterocycles. The van der Waals surface area contributed by atoms with Crippen molar-refractivity contribution in [3.63, 3.8) is 0 Å². The summed E-state index contributed by atoms with van der Waals surface area (Å²) in [5.41, 5.74) is -0.726. The van der Waals surface area contributed by atoms with Crippen LogP contribution in [0.1, 0.15) is 12.8 Å². The van der Waals surface area contributed by atoms with Crippen LogP contribution in [0.2, 0.25) is 0 Å². The fraction of sp³-hybridized carbons (Fsp3) is 0.538. The van der Waals surface area contributed by atoms with Crippen LogP contribution in [0.3, 0.4) is 0 Å². The predicted octanol–water partition coefficient (Wildman–Crippen LogP) is 1.35. The predicted molar refractivity (Wildman–Crippen MR) is 78.5 cm³/mol. The number of sulfonamides is 1. The van der Waals surface area contributed by atoms with Gasteiger partial charge in [-0.2, -0.15) is 4.31 Å². The van der Waals surface area contributed by atoms with Gasteiger partial charge < -0.3 is 5.32 Å². The zero-order valence-corrected chi connectivity index (χ0v) is 13.0. The van der Waals surface area contributed by atoms with Gasteiger partial charge in [0.25, 0.3) is 15.7 Å². The molecule has 0 radical (unpaired) electrons. The van der Waals surface area contributed by atoms with E-state index in [9.17, 15) is 22.9 Å². The van der Waals surface area contributed by atoms with E-state index >= 15 is 0 Å². The minimum absolute atomic E-state index is 0.111. The van der Waals surface area contributed by atoms with Crippen molar-refractivity contribution < 1.29 is 17.7 Å². The van der Waals surface area contributed by atoms with Gasteiger partial charge in [0.15, 0.2) is 4.90 Å². The first-order valence-corrected chi connectivity index (χ1v) is 8.39. The van der Waals surface area contributed by atoms with Crippen LogP contribution in [-0.2, 0) is 10.0 Å². The van der Waals surface area contributed by atoms with Gasteiger partial charge in [-0.15, -0.1) is 0 Å². The van der Waals surface area contributed by atoms with Crippen molar-refractivity contribution in [2.45, 2.75) is 17.7 Å². The van der Waals surface area contributed by atoms with Gasteiger partial charge in [-0.25, -0.2) is 12.8 Å². The molecule has 1 fully saturated rings. The summed E-state index contributed by atoms with van der Waals surface area (Å²) in [6.45, 7) is 1.12. The average molecular weight is 331 g/mol. The molecule has 1 unspecified atom stereocenters. The van der Waals surface area contributed by atoms with Gasteiger partial charge in [0, 0.05) is 19.2 Å². The van der Waals surface area contributed by atoms with E-state index in [2.05, 4.69) is 5.32 Å². The molecule has 9 heteroatoms. The van der Waals surface area contributed by atoms with E-state index in [1.165, 1.54) is 0 Å². The first-order valence-electron chi connectivity index (χ1n) is 6.95. The molecule has 1 saturated heterocycles. The van der Waals surface area contributed by atoms with Crippen molar-refractivity contribution in [1.29, 1.82) is 0 Å². The Morgan fingerprint density at radius 3 is 2.86 bits per heavy atom. The molecule has 1 aromatic carbocycles. The molecule has 0 aliphatic carbocycles. The summed E-state index contributed by atoms with van der Waals surface area (Å²) in [6.07, 6.45) is 1.51. The smallest absolute Gasteiger partial charge is 0.292 e. The van der Waals surface area contributed by atoms with Gasteiger partial charge in [-0.1, -0.05) is 6.07 Å². The molecular weight excluding hydrogens is 313 g/mol. The topological polar surface area (TPSA) is 92.6 Å². The molecule has 1 atom stereocenters. The van der Waals surface area contributed by atoms with Crippen molar-refractivity contribution in [3.05, 3.63) is 34.1 Å². The van der Waals surface area contributed by atoms with Gasteiger partial charge in [-0.3, -0.25) is 10.1 Å². The Bertz CT molecular complexity index is 663. The fourth-order valence-electron chi connectivity index (χ4n) is 2.73. The molecule has 0 amide bonds. The summed E-state index contributed by atoms with van der Waals surface area (Å²) in [4.78, 5) is 9.30. The van der Waals surface area contributed by atoms with E-state index in [0.717, 1.165) is 28.9 Å². The van der Waals surface area contributed by atoms with Crippen LogP contribution >= 0.6 is 0 Å². The third kappa shape index (κ3) is 3.26. The van der Waals surface area contributed by atoms with E-state index in [1.807, 2.05) is 0 Å². The summed E-state index contributed by atoms with van der Waals surface area (Å²) in [5, 5.41) is 14.0. The normalized spacial score (nSPS) is 20.0. The number of hydrogen-bond acceptors (Lipinski definition) is 5. The summed E-state index contributed by atoms with van der Waals surface area (Å²) >= 11 is 0. The Kier molecular flexibility index (Phi) is 5.09. The number of piperidine rings is 1. The summed E-state index contributed by atoms with van der Waals surface area (Å²) in [7, 11) is -2.46. The Morgan fingerprint density at radius 1 is 1.50 bits per heavy atom. The van der Waals surface area contributed by atoms with Gasteiger partial charge in [0.05, 0.1) is 4.92 Å². The maximum Gasteiger partial charge on any atom is 0.292 e. The molecule has 122 valence electrons. The molecular formula is C13H18FN3O4S. The minimum Gasteiger partial charge on any atom is -0.319 e. The SMILES string of the molecule is CNCC1CCCN(S(=O)(=O)c2c(F)cccc2[N+](=O)[O-])C1. The van der Waals surface area contributed by atoms with E-state index in [-0.39, 0.29) is 19.0 Å². The number of hydrogen-bond donors (Lipinski definition) is 1. The molecule has 1 aliphatic heterocycles. The first-order chi connectivity index (χ1) is 10.4. The number of halogens is 1. The quantitative estimate of drug-likeness (QED) is 0.649. The molecule has 22 heavy (non-hydrogen) atoms. The van der Waals surface area contributed by atoms with Gasteiger partial charge in [0.2, 0.25) is 0 Å². The highest BCUT2D eigenvalue weighted by atomic mass is 32.2. The summed E-state index contributed by atoms with van der Waals surface area (Å²) < 4.78 is 40.4. The molecule has 0 bridgehead atoms. The molecule has 0 aromatic heterocycles. The van der Waals surface area contributed by atoms with Crippen LogP contribution in [-0.4, -0.2) is 44.3 Å². The molecule has 2 rings (SSSR count). The number of nitrogens with zero attached hydrogens (tertiary/aromatic N) is 2. The molecule has 1 aromatic rings. The monoisotopic (exact) mass is 331 g/mol. The molecule has 1 aliphatic rings. The maximum atomic E-state index is 14.0. The zero-order valence-electron chi connectivity index (χ0n) is 12.2. The molecule has 1 N–H and O–H groups in total. The zero-order chi connectivity index (χ0) is 16.3. The number of benzene rings is 1. The van der Waals surface area contributed by atoms with Crippen molar-refractivity contribution in [3.8, 4) is 0 Å². The van der Waals surface area contributed by atoms with E-state index in [0.29, 0.717) is 13.0 Å². The Balaban J connectivity index is 2.41. The van der Waals surface area contributed by atoms with Crippen molar-refractivity contribution in [2.24, 2.45) is 5.92 Å². The van der Waals surface area contributed by atoms with Crippen LogP contribution in [0.25, 0.3) is 0 Å². The second-order valence-corrected chi connectivity index (χ2v) is 7.15. The van der Waals surface area contributed by atoms with Gasteiger partial charge in [0.1, 0.15) is 5.82 Å². The number of nitro groups is 1. The van der Waals surface area contributed by atoms with E-state index in [4.69, 9.17) is 0 Å². The second kappa shape index (κ2) is 6.67. The number of nitro benzene ring substituents is 1. The Morgan fingerprint density at radius 2 is 2.23 bits per heavy atom. The lowest BCUT2D eigenvalue weighted by Gasteiger charge is -2.31. The lowest BCUT2D eigenvalue weighted by atomic mass is 10.00. The van der Waals surface area contributed by atoms with Crippen molar-refractivity contribution in [1.82, 2.24) is 9.62 Å². The summed E-state index contributed by atoms with van der Waals surface area (Å²) in [6, 6.07) is 3.06. The Hall–Kier alpha value is -1.58. The molecule has 0 spiro atoms. The van der Waals surface area contributed by atoms with E-state index < -0.39 is 31.3 Å². The average Bonchev–Trinajstić information content (AvgIpc) is 2.47. The summed E-state index contributed by atoms with van der Waals surface area (Å²) in [5.74, 6) is -0.982. The standard InChI is InChI=1S/C13H18FN3O4S/c1-15-8-10-4-3-7-16(9-10)22(20,21)13-11(14)5-2-6-12(13)17(18)19/h2,5-6,10,15H,3-4,7-9H2,1H3. The lowest BCUT2D eigenvalue weighted by Crippen LogP contribution is -2.42. The second-order valence-electron chi connectivity index (χ2n) is 5.27. The van der Waals surface area contributed by atoms with Crippen molar-refractivity contribution >= 4 is 15.7 Å². The Labute approximate surface area is 128 Å². The largest absolute Gasteiger partial charge is 0.319 e. The van der Waals surface area contributed by atoms with Crippen LogP contribution in [0.4, 0.5) is 10.1 Å². The van der Waals surface area contributed by atoms with Gasteiger partial charge >= 0.3 is 0 Å². The van der Waals surface area contributed by atoms with Crippen LogP contribution in [0, 0.1) is 21.8 Å². The van der Waals surface area contributed by atoms with Gasteiger partial charge in [-0.05, 0) is 38.4 Å². The third-order valence-corrected chi connectivity index (χ3v) is 5.65. The number of nitrogens with one attached hydrogen (secondary N) is 1. The molecule has 0 saturated carbocycles. The minimum atomic E-state index is -4.23. The first kappa shape index (κ1) is 16.8. The fourth-order valence-corrected chi connectivity index (χ4v) is 4.48. The highest BCUT2D eigenvalue weighted by molar-refractivity contribution is 7.89. The van der Waals surface area contributed by atoms with E-state index in [1.54, 1.807) is 7.05 Å². The van der Waals surface area contributed by atoms with Crippen LogP contribution in [0.15, 0.2) is 23.1 Å². The highest BCUT2D eigenvalue weighted by Crippen LogP contribution is 2.31.